The van der Waals surface area contributed by atoms with Crippen molar-refractivity contribution in [3.8, 4) is 0 Å². The SMILES string of the molecule is O=C(CCCCCBr)N1Cc2ccccc2C1. The van der Waals surface area contributed by atoms with Gasteiger partial charge in [-0.1, -0.05) is 46.6 Å². The molecule has 0 unspecified atom stereocenters. The molecule has 1 heterocycles. The van der Waals surface area contributed by atoms with Gasteiger partial charge < -0.3 is 4.90 Å². The number of alkyl halides is 1. The molecule has 0 saturated carbocycles. The highest BCUT2D eigenvalue weighted by Gasteiger charge is 2.21. The first-order chi connectivity index (χ1) is 8.31. The van der Waals surface area contributed by atoms with Crippen LogP contribution in [0.5, 0.6) is 0 Å². The van der Waals surface area contributed by atoms with Gasteiger partial charge in [0.2, 0.25) is 5.91 Å². The van der Waals surface area contributed by atoms with Crippen LogP contribution in [-0.4, -0.2) is 16.1 Å². The van der Waals surface area contributed by atoms with Crippen LogP contribution < -0.4 is 0 Å². The standard InChI is InChI=1S/C14H18BrNO/c15-9-5-1-2-8-14(17)16-10-12-6-3-4-7-13(12)11-16/h3-4,6-7H,1-2,5,8-11H2. The largest absolute Gasteiger partial charge is 0.334 e. The molecule has 3 heteroatoms. The molecular formula is C14H18BrNO. The number of amides is 1. The van der Waals surface area contributed by atoms with E-state index in [2.05, 4.69) is 28.1 Å². The van der Waals surface area contributed by atoms with Gasteiger partial charge in [0.15, 0.2) is 0 Å². The molecule has 0 atom stereocenters. The first kappa shape index (κ1) is 12.6. The molecule has 92 valence electrons. The third-order valence-electron chi connectivity index (χ3n) is 3.22. The Balaban J connectivity index is 1.80. The Labute approximate surface area is 111 Å². The van der Waals surface area contributed by atoms with Crippen LogP contribution in [0.3, 0.4) is 0 Å². The van der Waals surface area contributed by atoms with Gasteiger partial charge in [-0.25, -0.2) is 0 Å². The van der Waals surface area contributed by atoms with Gasteiger partial charge in [-0.15, -0.1) is 0 Å². The van der Waals surface area contributed by atoms with E-state index in [1.54, 1.807) is 0 Å². The number of carbonyl (C=O) groups is 1. The van der Waals surface area contributed by atoms with Gasteiger partial charge in [-0.2, -0.15) is 0 Å². The van der Waals surface area contributed by atoms with Crippen molar-refractivity contribution in [2.45, 2.75) is 38.8 Å². The molecule has 1 aliphatic heterocycles. The van der Waals surface area contributed by atoms with E-state index >= 15 is 0 Å². The van der Waals surface area contributed by atoms with Crippen LogP contribution in [-0.2, 0) is 17.9 Å². The second kappa shape index (κ2) is 6.20. The lowest BCUT2D eigenvalue weighted by Gasteiger charge is -2.15. The molecule has 1 aromatic carbocycles. The highest BCUT2D eigenvalue weighted by Crippen LogP contribution is 2.23. The van der Waals surface area contributed by atoms with Crippen LogP contribution >= 0.6 is 15.9 Å². The van der Waals surface area contributed by atoms with Crippen molar-refractivity contribution in [1.82, 2.24) is 4.90 Å². The van der Waals surface area contributed by atoms with E-state index in [1.165, 1.54) is 11.1 Å². The zero-order valence-electron chi connectivity index (χ0n) is 9.99. The zero-order chi connectivity index (χ0) is 12.1. The van der Waals surface area contributed by atoms with Gasteiger partial charge in [-0.3, -0.25) is 4.79 Å². The summed E-state index contributed by atoms with van der Waals surface area (Å²) in [5, 5.41) is 1.04. The number of halogens is 1. The van der Waals surface area contributed by atoms with Gasteiger partial charge in [-0.05, 0) is 24.0 Å². The molecule has 0 aliphatic carbocycles. The predicted octanol–water partition coefficient (Wildman–Crippen LogP) is 3.48. The summed E-state index contributed by atoms with van der Waals surface area (Å²) in [4.78, 5) is 14.0. The molecule has 0 spiro atoms. The molecule has 17 heavy (non-hydrogen) atoms. The first-order valence-corrected chi connectivity index (χ1v) is 7.34. The van der Waals surface area contributed by atoms with Crippen LogP contribution in [0.1, 0.15) is 36.8 Å². The first-order valence-electron chi connectivity index (χ1n) is 6.22. The van der Waals surface area contributed by atoms with Crippen LogP contribution in [0.4, 0.5) is 0 Å². The molecule has 0 saturated heterocycles. The summed E-state index contributed by atoms with van der Waals surface area (Å²) in [7, 11) is 0. The summed E-state index contributed by atoms with van der Waals surface area (Å²) in [6.45, 7) is 1.60. The van der Waals surface area contributed by atoms with Gasteiger partial charge in [0, 0.05) is 24.8 Å². The average molecular weight is 296 g/mol. The molecule has 2 nitrogen and oxygen atoms in total. The monoisotopic (exact) mass is 295 g/mol. The lowest BCUT2D eigenvalue weighted by Crippen LogP contribution is -2.24. The summed E-state index contributed by atoms with van der Waals surface area (Å²) >= 11 is 3.41. The minimum atomic E-state index is 0.302. The minimum absolute atomic E-state index is 0.302. The van der Waals surface area contributed by atoms with Gasteiger partial charge in [0.1, 0.15) is 0 Å². The number of benzene rings is 1. The maximum absolute atomic E-state index is 12.0. The molecule has 1 aromatic rings. The summed E-state index contributed by atoms with van der Waals surface area (Å²) in [6, 6.07) is 8.33. The van der Waals surface area contributed by atoms with E-state index in [0.29, 0.717) is 12.3 Å². The van der Waals surface area contributed by atoms with Crippen molar-refractivity contribution < 1.29 is 4.79 Å². The zero-order valence-corrected chi connectivity index (χ0v) is 11.6. The topological polar surface area (TPSA) is 20.3 Å². The molecule has 1 amide bonds. The third kappa shape index (κ3) is 3.32. The maximum atomic E-state index is 12.0. The Kier molecular flexibility index (Phi) is 4.60. The number of hydrogen-bond acceptors (Lipinski definition) is 1. The number of fused-ring (bicyclic) bond motifs is 1. The average Bonchev–Trinajstić information content (AvgIpc) is 2.78. The number of rotatable bonds is 5. The highest BCUT2D eigenvalue weighted by molar-refractivity contribution is 9.09. The van der Waals surface area contributed by atoms with Crippen LogP contribution in [0.2, 0.25) is 0 Å². The van der Waals surface area contributed by atoms with Crippen molar-refractivity contribution in [2.75, 3.05) is 5.33 Å². The summed E-state index contributed by atoms with van der Waals surface area (Å²) in [6.07, 6.45) is 4.00. The van der Waals surface area contributed by atoms with Gasteiger partial charge in [0.25, 0.3) is 0 Å². The molecule has 1 aliphatic rings. The van der Waals surface area contributed by atoms with E-state index in [9.17, 15) is 4.79 Å². The molecule has 0 bridgehead atoms. The molecule has 0 fully saturated rings. The van der Waals surface area contributed by atoms with Crippen LogP contribution in [0, 0.1) is 0 Å². The van der Waals surface area contributed by atoms with Crippen molar-refractivity contribution >= 4 is 21.8 Å². The normalized spacial score (nSPS) is 13.8. The fraction of sp³-hybridized carbons (Fsp3) is 0.500. The number of unbranched alkanes of at least 4 members (excludes halogenated alkanes) is 2. The smallest absolute Gasteiger partial charge is 0.223 e. The minimum Gasteiger partial charge on any atom is -0.334 e. The van der Waals surface area contributed by atoms with Crippen molar-refractivity contribution in [1.29, 1.82) is 0 Å². The Bertz CT molecular complexity index is 367. The number of carbonyl (C=O) groups excluding carboxylic acids is 1. The number of nitrogens with zero attached hydrogens (tertiary/aromatic N) is 1. The van der Waals surface area contributed by atoms with Crippen molar-refractivity contribution in [3.63, 3.8) is 0 Å². The Morgan fingerprint density at radius 1 is 1.12 bits per heavy atom. The fourth-order valence-corrected chi connectivity index (χ4v) is 2.61. The van der Waals surface area contributed by atoms with E-state index in [4.69, 9.17) is 0 Å². The van der Waals surface area contributed by atoms with E-state index in [0.717, 1.165) is 37.7 Å². The summed E-state index contributed by atoms with van der Waals surface area (Å²) in [5.74, 6) is 0.302. The Morgan fingerprint density at radius 2 is 1.76 bits per heavy atom. The van der Waals surface area contributed by atoms with Gasteiger partial charge in [0.05, 0.1) is 0 Å². The van der Waals surface area contributed by atoms with Gasteiger partial charge >= 0.3 is 0 Å². The molecule has 0 aromatic heterocycles. The lowest BCUT2D eigenvalue weighted by atomic mass is 10.1. The second-order valence-electron chi connectivity index (χ2n) is 4.52. The Morgan fingerprint density at radius 3 is 2.35 bits per heavy atom. The predicted molar refractivity (Wildman–Crippen MR) is 73.0 cm³/mol. The van der Waals surface area contributed by atoms with Crippen LogP contribution in [0.25, 0.3) is 0 Å². The number of hydrogen-bond donors (Lipinski definition) is 0. The summed E-state index contributed by atoms with van der Waals surface area (Å²) < 4.78 is 0. The van der Waals surface area contributed by atoms with E-state index < -0.39 is 0 Å². The maximum Gasteiger partial charge on any atom is 0.223 e. The van der Waals surface area contributed by atoms with Crippen LogP contribution in [0.15, 0.2) is 24.3 Å². The Hall–Kier alpha value is -0.830. The second-order valence-corrected chi connectivity index (χ2v) is 5.31. The summed E-state index contributed by atoms with van der Waals surface area (Å²) in [5.41, 5.74) is 2.61. The highest BCUT2D eigenvalue weighted by atomic mass is 79.9. The molecule has 0 N–H and O–H groups in total. The van der Waals surface area contributed by atoms with Crippen molar-refractivity contribution in [2.24, 2.45) is 0 Å². The molecular weight excluding hydrogens is 278 g/mol. The molecule has 2 rings (SSSR count). The fourth-order valence-electron chi connectivity index (χ4n) is 2.22. The molecule has 0 radical (unpaired) electrons. The van der Waals surface area contributed by atoms with E-state index in [1.807, 2.05) is 17.0 Å². The van der Waals surface area contributed by atoms with Crippen molar-refractivity contribution in [3.05, 3.63) is 35.4 Å². The quantitative estimate of drug-likeness (QED) is 0.601. The third-order valence-corrected chi connectivity index (χ3v) is 3.78. The van der Waals surface area contributed by atoms with E-state index in [-0.39, 0.29) is 0 Å². The lowest BCUT2D eigenvalue weighted by molar-refractivity contribution is -0.131.